The second kappa shape index (κ2) is 9.43. The molecule has 2 aromatic rings. The van der Waals surface area contributed by atoms with Crippen LogP contribution in [0.25, 0.3) is 11.2 Å². The Kier molecular flexibility index (Phi) is 7.17. The summed E-state index contributed by atoms with van der Waals surface area (Å²) in [6.07, 6.45) is 1.37. The maximum absolute atomic E-state index is 12.1. The lowest BCUT2D eigenvalue weighted by atomic mass is 10.1. The molecule has 3 heterocycles. The molecule has 0 amide bonds. The molecule has 3 rings (SSSR count). The summed E-state index contributed by atoms with van der Waals surface area (Å²) in [5.74, 6) is 0.237. The number of phosphoric ester groups is 1. The maximum Gasteiger partial charge on any atom is 0.472 e. The Morgan fingerprint density at radius 1 is 1.28 bits per heavy atom. The Morgan fingerprint density at radius 2 is 2.07 bits per heavy atom. The van der Waals surface area contributed by atoms with Gasteiger partial charge in [-0.05, 0) is 6.42 Å². The third kappa shape index (κ3) is 4.75. The predicted molar refractivity (Wildman–Crippen MR) is 102 cm³/mol. The molecule has 12 nitrogen and oxygen atoms in total. The monoisotopic (exact) mass is 431 g/mol. The van der Waals surface area contributed by atoms with Crippen LogP contribution in [0.5, 0.6) is 0 Å². The highest BCUT2D eigenvalue weighted by atomic mass is 31.2. The van der Waals surface area contributed by atoms with Crippen molar-refractivity contribution in [2.75, 3.05) is 33.2 Å². The van der Waals surface area contributed by atoms with Gasteiger partial charge < -0.3 is 24.8 Å². The second-order valence-electron chi connectivity index (χ2n) is 6.49. The van der Waals surface area contributed by atoms with Crippen molar-refractivity contribution in [3.8, 4) is 0 Å². The predicted octanol–water partition coefficient (Wildman–Crippen LogP) is 1.27. The largest absolute Gasteiger partial charge is 0.472 e. The summed E-state index contributed by atoms with van der Waals surface area (Å²) in [7, 11) is -1.63. The summed E-state index contributed by atoms with van der Waals surface area (Å²) < 4.78 is 41.0. The van der Waals surface area contributed by atoms with E-state index in [1.165, 1.54) is 12.7 Å². The van der Waals surface area contributed by atoms with E-state index in [1.807, 2.05) is 6.92 Å². The van der Waals surface area contributed by atoms with Crippen LogP contribution in [-0.2, 0) is 27.8 Å². The van der Waals surface area contributed by atoms with Crippen LogP contribution in [0.1, 0.15) is 26.0 Å². The molecule has 3 N–H and O–H groups in total. The van der Waals surface area contributed by atoms with Crippen molar-refractivity contribution in [1.29, 1.82) is 0 Å². The zero-order chi connectivity index (χ0) is 21.0. The van der Waals surface area contributed by atoms with E-state index in [4.69, 9.17) is 24.5 Å². The van der Waals surface area contributed by atoms with Gasteiger partial charge in [0.15, 0.2) is 17.7 Å². The van der Waals surface area contributed by atoms with Crippen molar-refractivity contribution in [3.05, 3.63) is 12.7 Å². The molecule has 13 heteroatoms. The van der Waals surface area contributed by atoms with Gasteiger partial charge >= 0.3 is 7.82 Å². The van der Waals surface area contributed by atoms with Crippen molar-refractivity contribution >= 4 is 24.8 Å². The van der Waals surface area contributed by atoms with E-state index in [0.717, 1.165) is 13.5 Å². The number of nitrogens with two attached hydrogens (primary N) is 1. The fourth-order valence-corrected chi connectivity index (χ4v) is 3.92. The molecule has 29 heavy (non-hydrogen) atoms. The molecule has 1 saturated heterocycles. The van der Waals surface area contributed by atoms with Crippen LogP contribution in [0.4, 0.5) is 5.82 Å². The van der Waals surface area contributed by atoms with Crippen LogP contribution in [0.2, 0.25) is 0 Å². The standard InChI is InChI=1S/C16H26N5O7P/c1-4-5-10-12(28-29(22,23)25-3)13(26-7-6-24-2)16(27-10)21-9-20-11-14(17)18-8-19-15(11)21/h8-10,12-13,16H,4-7H2,1-3H3,(H,22,23)(H2,17,18,19)/t10-,12?,13+,16-/m1/s1. The van der Waals surface area contributed by atoms with E-state index >= 15 is 0 Å². The van der Waals surface area contributed by atoms with Crippen molar-refractivity contribution in [3.63, 3.8) is 0 Å². The number of aromatic nitrogens is 4. The van der Waals surface area contributed by atoms with Gasteiger partial charge in [0.25, 0.3) is 0 Å². The quantitative estimate of drug-likeness (QED) is 0.413. The number of rotatable bonds is 10. The third-order valence-electron chi connectivity index (χ3n) is 4.60. The van der Waals surface area contributed by atoms with Crippen molar-refractivity contribution in [1.82, 2.24) is 19.5 Å². The number of fused-ring (bicyclic) bond motifs is 1. The number of phosphoric acid groups is 1. The molecule has 0 aliphatic carbocycles. The minimum absolute atomic E-state index is 0.228. The third-order valence-corrected chi connectivity index (χ3v) is 5.57. The number of imidazole rings is 1. The van der Waals surface area contributed by atoms with E-state index in [2.05, 4.69) is 19.5 Å². The number of hydrogen-bond donors (Lipinski definition) is 2. The number of hydrogen-bond acceptors (Lipinski definition) is 10. The SMILES string of the molecule is CCC[C@H]1O[C@@H](n2cnc3c(N)ncnc32)[C@@H](OCCOC)C1OP(=O)(O)OC. The van der Waals surface area contributed by atoms with Gasteiger partial charge in [-0.3, -0.25) is 13.6 Å². The van der Waals surface area contributed by atoms with Crippen LogP contribution < -0.4 is 5.73 Å². The Hall–Kier alpha value is -1.66. The minimum Gasteiger partial charge on any atom is -0.382 e. The molecule has 1 aliphatic rings. The van der Waals surface area contributed by atoms with Crippen LogP contribution in [-0.4, -0.2) is 70.2 Å². The number of nitrogens with zero attached hydrogens (tertiary/aromatic N) is 4. The molecule has 0 spiro atoms. The minimum atomic E-state index is -4.28. The Bertz CT molecular complexity index is 865. The lowest BCUT2D eigenvalue weighted by Gasteiger charge is -2.26. The van der Waals surface area contributed by atoms with E-state index < -0.39 is 32.4 Å². The summed E-state index contributed by atoms with van der Waals surface area (Å²) in [5.41, 5.74) is 6.76. The number of anilines is 1. The molecule has 1 aliphatic heterocycles. The van der Waals surface area contributed by atoms with Gasteiger partial charge in [0, 0.05) is 14.2 Å². The van der Waals surface area contributed by atoms with Crippen molar-refractivity contribution in [2.45, 2.75) is 44.3 Å². The molecular formula is C16H26N5O7P. The van der Waals surface area contributed by atoms with Gasteiger partial charge in [0.2, 0.25) is 0 Å². The highest BCUT2D eigenvalue weighted by molar-refractivity contribution is 7.47. The molecule has 1 fully saturated rings. The summed E-state index contributed by atoms with van der Waals surface area (Å²) in [6, 6.07) is 0. The first-order chi connectivity index (χ1) is 13.9. The number of methoxy groups -OCH3 is 1. The molecule has 0 radical (unpaired) electrons. The molecule has 2 aromatic heterocycles. The van der Waals surface area contributed by atoms with Crippen molar-refractivity contribution < 1.29 is 32.7 Å². The highest BCUT2D eigenvalue weighted by Crippen LogP contribution is 2.49. The van der Waals surface area contributed by atoms with Crippen LogP contribution in [0, 0.1) is 0 Å². The van der Waals surface area contributed by atoms with E-state index in [0.29, 0.717) is 24.2 Å². The van der Waals surface area contributed by atoms with E-state index in [-0.39, 0.29) is 12.4 Å². The first kappa shape index (κ1) is 22.0. The molecule has 5 atom stereocenters. The molecular weight excluding hydrogens is 405 g/mol. The second-order valence-corrected chi connectivity index (χ2v) is 8.00. The Labute approximate surface area is 167 Å². The van der Waals surface area contributed by atoms with E-state index in [1.54, 1.807) is 11.7 Å². The number of nitrogen functional groups attached to an aromatic ring is 1. The fraction of sp³-hybridized carbons (Fsp3) is 0.688. The Balaban J connectivity index is 1.98. The van der Waals surface area contributed by atoms with Gasteiger partial charge in [-0.2, -0.15) is 0 Å². The van der Waals surface area contributed by atoms with Crippen molar-refractivity contribution in [2.24, 2.45) is 0 Å². The first-order valence-corrected chi connectivity index (χ1v) is 10.7. The molecule has 0 aromatic carbocycles. The van der Waals surface area contributed by atoms with Crippen LogP contribution in [0.15, 0.2) is 12.7 Å². The van der Waals surface area contributed by atoms with Gasteiger partial charge in [0.05, 0.1) is 25.6 Å². The highest BCUT2D eigenvalue weighted by Gasteiger charge is 2.50. The Morgan fingerprint density at radius 3 is 2.76 bits per heavy atom. The fourth-order valence-electron chi connectivity index (χ4n) is 3.27. The lowest BCUT2D eigenvalue weighted by Crippen LogP contribution is -2.37. The van der Waals surface area contributed by atoms with Gasteiger partial charge in [-0.25, -0.2) is 19.5 Å². The molecule has 2 unspecified atom stereocenters. The smallest absolute Gasteiger partial charge is 0.382 e. The zero-order valence-electron chi connectivity index (χ0n) is 16.5. The molecule has 0 bridgehead atoms. The maximum atomic E-state index is 12.1. The average molecular weight is 431 g/mol. The average Bonchev–Trinajstić information content (AvgIpc) is 3.25. The summed E-state index contributed by atoms with van der Waals surface area (Å²) >= 11 is 0. The molecule has 0 saturated carbocycles. The summed E-state index contributed by atoms with van der Waals surface area (Å²) in [5, 5.41) is 0. The topological polar surface area (TPSA) is 153 Å². The van der Waals surface area contributed by atoms with Gasteiger partial charge in [-0.15, -0.1) is 0 Å². The summed E-state index contributed by atoms with van der Waals surface area (Å²) in [4.78, 5) is 22.3. The van der Waals surface area contributed by atoms with Gasteiger partial charge in [0.1, 0.15) is 24.1 Å². The normalized spacial score (nSPS) is 26.8. The number of ether oxygens (including phenoxy) is 3. The molecule has 162 valence electrons. The van der Waals surface area contributed by atoms with Crippen LogP contribution in [0.3, 0.4) is 0 Å². The van der Waals surface area contributed by atoms with Gasteiger partial charge in [-0.1, -0.05) is 13.3 Å². The van der Waals surface area contributed by atoms with Crippen LogP contribution >= 0.6 is 7.82 Å². The summed E-state index contributed by atoms with van der Waals surface area (Å²) in [6.45, 7) is 2.53. The lowest BCUT2D eigenvalue weighted by molar-refractivity contribution is -0.0763. The zero-order valence-corrected chi connectivity index (χ0v) is 17.4. The first-order valence-electron chi connectivity index (χ1n) is 9.17. The van der Waals surface area contributed by atoms with E-state index in [9.17, 15) is 9.46 Å².